The Labute approximate surface area is 193 Å². The highest BCUT2D eigenvalue weighted by Gasteiger charge is 2.23. The van der Waals surface area contributed by atoms with E-state index in [-0.39, 0.29) is 36.7 Å². The second-order valence-corrected chi connectivity index (χ2v) is 9.68. The molecule has 0 atom stereocenters. The Kier molecular flexibility index (Phi) is 8.01. The summed E-state index contributed by atoms with van der Waals surface area (Å²) in [5, 5.41) is 5.02. The van der Waals surface area contributed by atoms with Crippen LogP contribution in [-0.2, 0) is 16.0 Å². The first-order valence-electron chi connectivity index (χ1n) is 11.1. The van der Waals surface area contributed by atoms with Crippen molar-refractivity contribution in [2.24, 2.45) is 5.92 Å². The summed E-state index contributed by atoms with van der Waals surface area (Å²) >= 11 is 1.29. The number of aryl methyl sites for hydroxylation is 1. The molecule has 1 aliphatic heterocycles. The summed E-state index contributed by atoms with van der Waals surface area (Å²) in [6.45, 7) is 9.48. The molecule has 1 saturated heterocycles. The van der Waals surface area contributed by atoms with Crippen molar-refractivity contribution in [3.8, 4) is 0 Å². The molecule has 1 aliphatic rings. The van der Waals surface area contributed by atoms with E-state index in [0.29, 0.717) is 22.3 Å². The minimum absolute atomic E-state index is 0.0653. The molecule has 0 saturated carbocycles. The number of thiazole rings is 1. The zero-order chi connectivity index (χ0) is 23.3. The highest BCUT2D eigenvalue weighted by molar-refractivity contribution is 7.13. The van der Waals surface area contributed by atoms with Gasteiger partial charge in [-0.2, -0.15) is 0 Å². The number of likely N-dealkylation sites (tertiary alicyclic amines) is 1. The van der Waals surface area contributed by atoms with Gasteiger partial charge in [0.25, 0.3) is 5.91 Å². The molecule has 0 bridgehead atoms. The van der Waals surface area contributed by atoms with Gasteiger partial charge in [0.05, 0.1) is 12.1 Å². The minimum Gasteiger partial charge on any atom is -0.342 e. The Hall–Kier alpha value is -2.74. The lowest BCUT2D eigenvalue weighted by molar-refractivity contribution is -0.131. The van der Waals surface area contributed by atoms with Gasteiger partial charge >= 0.3 is 0 Å². The maximum atomic E-state index is 12.9. The largest absolute Gasteiger partial charge is 0.342 e. The van der Waals surface area contributed by atoms with Crippen LogP contribution in [0.3, 0.4) is 0 Å². The van der Waals surface area contributed by atoms with Gasteiger partial charge in [0.1, 0.15) is 6.54 Å². The predicted octanol–water partition coefficient (Wildman–Crippen LogP) is 3.74. The van der Waals surface area contributed by atoms with Gasteiger partial charge in [-0.3, -0.25) is 14.4 Å². The van der Waals surface area contributed by atoms with Crippen LogP contribution in [0.15, 0.2) is 29.6 Å². The lowest BCUT2D eigenvalue weighted by atomic mass is 9.99. The van der Waals surface area contributed by atoms with Gasteiger partial charge < -0.3 is 15.1 Å². The number of anilines is 1. The zero-order valence-electron chi connectivity index (χ0n) is 19.3. The summed E-state index contributed by atoms with van der Waals surface area (Å²) in [6, 6.07) is 7.19. The monoisotopic (exact) mass is 456 g/mol. The van der Waals surface area contributed by atoms with Crippen LogP contribution in [0.1, 0.15) is 55.2 Å². The van der Waals surface area contributed by atoms with Gasteiger partial charge in [0.15, 0.2) is 5.13 Å². The molecular formula is C24H32N4O3S. The molecule has 2 aromatic rings. The van der Waals surface area contributed by atoms with Crippen molar-refractivity contribution in [1.82, 2.24) is 14.8 Å². The number of hydrogen-bond donors (Lipinski definition) is 1. The average Bonchev–Trinajstić information content (AvgIpc) is 3.18. The van der Waals surface area contributed by atoms with Crippen LogP contribution in [0.25, 0.3) is 0 Å². The molecule has 1 fully saturated rings. The van der Waals surface area contributed by atoms with E-state index in [2.05, 4.69) is 17.2 Å². The van der Waals surface area contributed by atoms with Crippen molar-refractivity contribution in [3.63, 3.8) is 0 Å². The maximum absolute atomic E-state index is 12.9. The van der Waals surface area contributed by atoms with Gasteiger partial charge in [0.2, 0.25) is 11.8 Å². The summed E-state index contributed by atoms with van der Waals surface area (Å²) in [4.78, 5) is 45.8. The number of carbonyl (C=O) groups is 3. The summed E-state index contributed by atoms with van der Waals surface area (Å²) in [7, 11) is 0. The van der Waals surface area contributed by atoms with Gasteiger partial charge in [-0.1, -0.05) is 24.6 Å². The first-order valence-corrected chi connectivity index (χ1v) is 12.0. The molecule has 8 heteroatoms. The van der Waals surface area contributed by atoms with E-state index in [1.165, 1.54) is 16.2 Å². The highest BCUT2D eigenvalue weighted by atomic mass is 32.1. The lowest BCUT2D eigenvalue weighted by Crippen LogP contribution is -2.42. The van der Waals surface area contributed by atoms with E-state index in [1.807, 2.05) is 37.8 Å². The number of hydrogen-bond acceptors (Lipinski definition) is 5. The quantitative estimate of drug-likeness (QED) is 0.688. The van der Waals surface area contributed by atoms with Crippen molar-refractivity contribution >= 4 is 34.2 Å². The van der Waals surface area contributed by atoms with Crippen molar-refractivity contribution in [2.45, 2.75) is 53.0 Å². The van der Waals surface area contributed by atoms with E-state index in [4.69, 9.17) is 0 Å². The van der Waals surface area contributed by atoms with Crippen molar-refractivity contribution in [3.05, 3.63) is 46.5 Å². The molecule has 7 nitrogen and oxygen atoms in total. The molecule has 0 unspecified atom stereocenters. The van der Waals surface area contributed by atoms with Crippen LogP contribution in [0.5, 0.6) is 0 Å². The van der Waals surface area contributed by atoms with E-state index in [0.717, 1.165) is 31.5 Å². The second kappa shape index (κ2) is 10.7. The van der Waals surface area contributed by atoms with E-state index >= 15 is 0 Å². The minimum atomic E-state index is -0.309. The fraction of sp³-hybridized carbons (Fsp3) is 0.500. The Morgan fingerprint density at radius 3 is 2.47 bits per heavy atom. The van der Waals surface area contributed by atoms with E-state index in [1.54, 1.807) is 17.5 Å². The topological polar surface area (TPSA) is 82.6 Å². The molecule has 2 heterocycles. The van der Waals surface area contributed by atoms with Crippen LogP contribution in [0.2, 0.25) is 0 Å². The van der Waals surface area contributed by atoms with Crippen molar-refractivity contribution < 1.29 is 14.4 Å². The smallest absolute Gasteiger partial charge is 0.254 e. The van der Waals surface area contributed by atoms with Crippen LogP contribution >= 0.6 is 11.3 Å². The molecule has 1 aromatic carbocycles. The standard InChI is InChI=1S/C24H32N4O3S/c1-16(2)28(23(31)19-7-5-17(3)6-8-19)14-21(29)26-24-25-20(15-32-24)13-22(30)27-11-9-18(4)10-12-27/h5-8,15-16,18H,9-14H2,1-4H3,(H,25,26,29). The summed E-state index contributed by atoms with van der Waals surface area (Å²) < 4.78 is 0. The number of benzene rings is 1. The SMILES string of the molecule is Cc1ccc(C(=O)N(CC(=O)Nc2nc(CC(=O)N3CCC(C)CC3)cs2)C(C)C)cc1. The van der Waals surface area contributed by atoms with Crippen molar-refractivity contribution in [1.29, 1.82) is 0 Å². The summed E-state index contributed by atoms with van der Waals surface area (Å²) in [5.74, 6) is 0.256. The molecule has 0 spiro atoms. The Morgan fingerprint density at radius 1 is 1.19 bits per heavy atom. The number of amides is 3. The fourth-order valence-electron chi connectivity index (χ4n) is 3.63. The number of carbonyl (C=O) groups excluding carboxylic acids is 3. The predicted molar refractivity (Wildman–Crippen MR) is 127 cm³/mol. The van der Waals surface area contributed by atoms with Gasteiger partial charge in [-0.25, -0.2) is 4.98 Å². The molecular weight excluding hydrogens is 424 g/mol. The summed E-state index contributed by atoms with van der Waals surface area (Å²) in [5.41, 5.74) is 2.29. The molecule has 3 amide bonds. The number of rotatable bonds is 7. The van der Waals surface area contributed by atoms with Crippen LogP contribution in [0, 0.1) is 12.8 Å². The molecule has 1 aromatic heterocycles. The molecule has 32 heavy (non-hydrogen) atoms. The Morgan fingerprint density at radius 2 is 1.84 bits per heavy atom. The molecule has 172 valence electrons. The third-order valence-corrected chi connectivity index (χ3v) is 6.57. The van der Waals surface area contributed by atoms with Crippen molar-refractivity contribution in [2.75, 3.05) is 25.0 Å². The van der Waals surface area contributed by atoms with Gasteiger partial charge in [-0.15, -0.1) is 11.3 Å². The third-order valence-electron chi connectivity index (χ3n) is 5.76. The first kappa shape index (κ1) is 23.9. The van der Waals surface area contributed by atoms with E-state index < -0.39 is 0 Å². The normalized spacial score (nSPS) is 14.5. The highest BCUT2D eigenvalue weighted by Crippen LogP contribution is 2.20. The number of piperidine rings is 1. The first-order chi connectivity index (χ1) is 15.2. The maximum Gasteiger partial charge on any atom is 0.254 e. The van der Waals surface area contributed by atoms with E-state index in [9.17, 15) is 14.4 Å². The van der Waals surface area contributed by atoms with Gasteiger partial charge in [0, 0.05) is 30.1 Å². The number of nitrogens with one attached hydrogen (secondary N) is 1. The van der Waals surface area contributed by atoms with Crippen LogP contribution < -0.4 is 5.32 Å². The second-order valence-electron chi connectivity index (χ2n) is 8.83. The molecule has 3 rings (SSSR count). The summed E-state index contributed by atoms with van der Waals surface area (Å²) in [6.07, 6.45) is 2.32. The molecule has 0 radical (unpaired) electrons. The average molecular weight is 457 g/mol. The fourth-order valence-corrected chi connectivity index (χ4v) is 4.36. The Balaban J connectivity index is 1.55. The zero-order valence-corrected chi connectivity index (χ0v) is 20.1. The molecule has 0 aliphatic carbocycles. The number of aromatic nitrogens is 1. The lowest BCUT2D eigenvalue weighted by Gasteiger charge is -2.30. The number of nitrogens with zero attached hydrogens (tertiary/aromatic N) is 3. The van der Waals surface area contributed by atoms with Gasteiger partial charge in [-0.05, 0) is 51.7 Å². The third kappa shape index (κ3) is 6.38. The Bertz CT molecular complexity index is 946. The van der Waals surface area contributed by atoms with Crippen LogP contribution in [0.4, 0.5) is 5.13 Å². The van der Waals surface area contributed by atoms with Crippen LogP contribution in [-0.4, -0.2) is 58.2 Å². The molecule has 1 N–H and O–H groups in total.